The summed E-state index contributed by atoms with van der Waals surface area (Å²) in [7, 11) is 0. The summed E-state index contributed by atoms with van der Waals surface area (Å²) in [5, 5.41) is 2.67. The van der Waals surface area contributed by atoms with Crippen LogP contribution in [0.3, 0.4) is 0 Å². The van der Waals surface area contributed by atoms with Crippen LogP contribution in [0.2, 0.25) is 0 Å². The van der Waals surface area contributed by atoms with Gasteiger partial charge in [0.25, 0.3) is 5.91 Å². The lowest BCUT2D eigenvalue weighted by Crippen LogP contribution is -2.29. The number of ether oxygens (including phenoxy) is 2. The Morgan fingerprint density at radius 1 is 1.09 bits per heavy atom. The summed E-state index contributed by atoms with van der Waals surface area (Å²) in [6.07, 6.45) is -0.788. The average molecular weight is 313 g/mol. The molecule has 23 heavy (non-hydrogen) atoms. The van der Waals surface area contributed by atoms with E-state index in [1.54, 1.807) is 25.1 Å². The molecule has 1 N–H and O–H groups in total. The fraction of sp³-hybridized carbons (Fsp3) is 0.222. The van der Waals surface area contributed by atoms with Crippen molar-refractivity contribution in [2.24, 2.45) is 0 Å². The van der Waals surface area contributed by atoms with E-state index < -0.39 is 18.0 Å². The monoisotopic (exact) mass is 313 g/mol. The number of para-hydroxylation sites is 1. The highest BCUT2D eigenvalue weighted by molar-refractivity contribution is 5.93. The fourth-order valence-electron chi connectivity index (χ4n) is 1.93. The van der Waals surface area contributed by atoms with Crippen LogP contribution < -0.4 is 10.1 Å². The molecule has 1 unspecified atom stereocenters. The molecule has 0 saturated carbocycles. The van der Waals surface area contributed by atoms with Crippen LogP contribution in [0.5, 0.6) is 5.75 Å². The van der Waals surface area contributed by atoms with Crippen molar-refractivity contribution in [3.8, 4) is 5.75 Å². The highest BCUT2D eigenvalue weighted by Crippen LogP contribution is 2.12. The molecule has 0 aliphatic carbocycles. The third-order valence-electron chi connectivity index (χ3n) is 3.04. The predicted molar refractivity (Wildman–Crippen MR) is 87.3 cm³/mol. The van der Waals surface area contributed by atoms with Gasteiger partial charge in [-0.2, -0.15) is 0 Å². The van der Waals surface area contributed by atoms with E-state index in [0.29, 0.717) is 11.4 Å². The highest BCUT2D eigenvalue weighted by atomic mass is 16.6. The maximum Gasteiger partial charge on any atom is 0.347 e. The van der Waals surface area contributed by atoms with Crippen LogP contribution in [0.15, 0.2) is 54.6 Å². The molecule has 2 aromatic rings. The van der Waals surface area contributed by atoms with Gasteiger partial charge in [-0.3, -0.25) is 4.79 Å². The molecule has 0 aromatic heterocycles. The van der Waals surface area contributed by atoms with Crippen LogP contribution >= 0.6 is 0 Å². The van der Waals surface area contributed by atoms with Crippen molar-refractivity contribution < 1.29 is 19.1 Å². The Balaban J connectivity index is 1.78. The number of rotatable bonds is 6. The number of hydrogen-bond acceptors (Lipinski definition) is 4. The van der Waals surface area contributed by atoms with Gasteiger partial charge in [-0.25, -0.2) is 4.79 Å². The summed E-state index contributed by atoms with van der Waals surface area (Å²) in [5.74, 6) is -0.412. The molecule has 0 spiro atoms. The topological polar surface area (TPSA) is 64.6 Å². The number of benzene rings is 2. The van der Waals surface area contributed by atoms with Crippen LogP contribution in [0.4, 0.5) is 5.69 Å². The Morgan fingerprint density at radius 3 is 2.52 bits per heavy atom. The van der Waals surface area contributed by atoms with E-state index in [9.17, 15) is 9.59 Å². The molecule has 2 rings (SSSR count). The van der Waals surface area contributed by atoms with E-state index in [-0.39, 0.29) is 6.61 Å². The first-order valence-electron chi connectivity index (χ1n) is 7.29. The molecular weight excluding hydrogens is 294 g/mol. The normalized spacial score (nSPS) is 11.4. The van der Waals surface area contributed by atoms with Crippen molar-refractivity contribution in [3.05, 3.63) is 60.2 Å². The number of carbonyl (C=O) groups excluding carboxylic acids is 2. The summed E-state index contributed by atoms with van der Waals surface area (Å²) >= 11 is 0. The summed E-state index contributed by atoms with van der Waals surface area (Å²) in [5.41, 5.74) is 1.70. The van der Waals surface area contributed by atoms with Gasteiger partial charge in [-0.1, -0.05) is 30.3 Å². The van der Waals surface area contributed by atoms with Gasteiger partial charge >= 0.3 is 5.97 Å². The Morgan fingerprint density at radius 2 is 1.83 bits per heavy atom. The van der Waals surface area contributed by atoms with Crippen molar-refractivity contribution in [3.63, 3.8) is 0 Å². The predicted octanol–water partition coefficient (Wildman–Crippen LogP) is 2.94. The smallest absolute Gasteiger partial charge is 0.347 e. The Bertz CT molecular complexity index is 670. The minimum Gasteiger partial charge on any atom is -0.479 e. The zero-order chi connectivity index (χ0) is 16.7. The lowest BCUT2D eigenvalue weighted by molar-refractivity contribution is -0.153. The van der Waals surface area contributed by atoms with E-state index in [0.717, 1.165) is 5.56 Å². The number of esters is 1. The molecule has 0 fully saturated rings. The number of amides is 1. The van der Waals surface area contributed by atoms with E-state index in [1.165, 1.54) is 0 Å². The molecule has 5 heteroatoms. The molecule has 0 aliphatic rings. The summed E-state index contributed by atoms with van der Waals surface area (Å²) in [6, 6.07) is 16.3. The number of hydrogen-bond donors (Lipinski definition) is 1. The average Bonchev–Trinajstić information content (AvgIpc) is 2.53. The van der Waals surface area contributed by atoms with Gasteiger partial charge in [0.05, 0.1) is 0 Å². The summed E-state index contributed by atoms with van der Waals surface area (Å²) < 4.78 is 10.4. The second-order valence-electron chi connectivity index (χ2n) is 5.10. The zero-order valence-electron chi connectivity index (χ0n) is 13.1. The molecule has 0 heterocycles. The van der Waals surface area contributed by atoms with Gasteiger partial charge in [0.2, 0.25) is 0 Å². The number of anilines is 1. The van der Waals surface area contributed by atoms with E-state index in [4.69, 9.17) is 9.47 Å². The van der Waals surface area contributed by atoms with Crippen LogP contribution in [-0.4, -0.2) is 24.6 Å². The Labute approximate surface area is 135 Å². The fourth-order valence-corrected chi connectivity index (χ4v) is 1.93. The molecule has 0 bridgehead atoms. The maximum atomic E-state index is 11.8. The van der Waals surface area contributed by atoms with Crippen LogP contribution in [0.1, 0.15) is 12.5 Å². The van der Waals surface area contributed by atoms with Crippen molar-refractivity contribution >= 4 is 17.6 Å². The summed E-state index contributed by atoms with van der Waals surface area (Å²) in [4.78, 5) is 23.6. The Kier molecular flexibility index (Phi) is 5.74. The molecule has 0 aliphatic heterocycles. The van der Waals surface area contributed by atoms with Crippen molar-refractivity contribution in [2.45, 2.75) is 20.0 Å². The standard InChI is InChI=1S/C18H19NO4/c1-13-7-6-8-15(11-13)19-17(20)12-22-18(21)14(2)23-16-9-4-3-5-10-16/h3-11,14H,12H2,1-2H3,(H,19,20). The van der Waals surface area contributed by atoms with E-state index in [2.05, 4.69) is 5.32 Å². The largest absolute Gasteiger partial charge is 0.479 e. The van der Waals surface area contributed by atoms with Crippen LogP contribution in [0.25, 0.3) is 0 Å². The van der Waals surface area contributed by atoms with Gasteiger partial charge in [-0.05, 0) is 43.7 Å². The molecule has 2 aromatic carbocycles. The number of carbonyl (C=O) groups is 2. The molecule has 5 nitrogen and oxygen atoms in total. The van der Waals surface area contributed by atoms with Gasteiger partial charge in [0, 0.05) is 5.69 Å². The van der Waals surface area contributed by atoms with Gasteiger partial charge in [0.15, 0.2) is 12.7 Å². The Hall–Kier alpha value is -2.82. The zero-order valence-corrected chi connectivity index (χ0v) is 13.1. The minimum absolute atomic E-state index is 0.352. The van der Waals surface area contributed by atoms with E-state index in [1.807, 2.05) is 43.3 Å². The van der Waals surface area contributed by atoms with Gasteiger partial charge < -0.3 is 14.8 Å². The van der Waals surface area contributed by atoms with Crippen LogP contribution in [0, 0.1) is 6.92 Å². The third kappa shape index (κ3) is 5.47. The first kappa shape index (κ1) is 16.5. The maximum absolute atomic E-state index is 11.8. The molecule has 0 saturated heterocycles. The van der Waals surface area contributed by atoms with Crippen molar-refractivity contribution in [2.75, 3.05) is 11.9 Å². The molecule has 120 valence electrons. The number of nitrogens with one attached hydrogen (secondary N) is 1. The van der Waals surface area contributed by atoms with Crippen molar-refractivity contribution in [1.29, 1.82) is 0 Å². The first-order chi connectivity index (χ1) is 11.0. The second kappa shape index (κ2) is 7.98. The number of aryl methyl sites for hydroxylation is 1. The van der Waals surface area contributed by atoms with Gasteiger partial charge in [0.1, 0.15) is 5.75 Å². The van der Waals surface area contributed by atoms with Crippen molar-refractivity contribution in [1.82, 2.24) is 0 Å². The molecule has 0 radical (unpaired) electrons. The lowest BCUT2D eigenvalue weighted by atomic mass is 10.2. The summed E-state index contributed by atoms with van der Waals surface area (Å²) in [6.45, 7) is 3.15. The highest BCUT2D eigenvalue weighted by Gasteiger charge is 2.17. The first-order valence-corrected chi connectivity index (χ1v) is 7.29. The second-order valence-corrected chi connectivity index (χ2v) is 5.10. The van der Waals surface area contributed by atoms with Gasteiger partial charge in [-0.15, -0.1) is 0 Å². The molecule has 1 atom stereocenters. The van der Waals surface area contributed by atoms with Crippen LogP contribution in [-0.2, 0) is 14.3 Å². The minimum atomic E-state index is -0.788. The molecule has 1 amide bonds. The van der Waals surface area contributed by atoms with E-state index >= 15 is 0 Å². The third-order valence-corrected chi connectivity index (χ3v) is 3.04. The lowest BCUT2D eigenvalue weighted by Gasteiger charge is -2.14. The SMILES string of the molecule is Cc1cccc(NC(=O)COC(=O)C(C)Oc2ccccc2)c1. The molecular formula is C18H19NO4. The quantitative estimate of drug-likeness (QED) is 0.833.